The number of rotatable bonds is 2. The van der Waals surface area contributed by atoms with Gasteiger partial charge in [0.1, 0.15) is 11.5 Å². The first-order valence-corrected chi connectivity index (χ1v) is 8.00. The van der Waals surface area contributed by atoms with Gasteiger partial charge in [-0.2, -0.15) is 0 Å². The van der Waals surface area contributed by atoms with Crippen molar-refractivity contribution in [1.82, 2.24) is 14.9 Å². The van der Waals surface area contributed by atoms with E-state index in [4.69, 9.17) is 0 Å². The maximum absolute atomic E-state index is 13.1. The van der Waals surface area contributed by atoms with Crippen LogP contribution in [0.2, 0.25) is 0 Å². The molecular formula is C19H16FN3O. The fourth-order valence-electron chi connectivity index (χ4n) is 3.25. The lowest BCUT2D eigenvalue weighted by molar-refractivity contribution is 0.0729. The molecule has 0 saturated carbocycles. The number of likely N-dealkylation sites (tertiary alicyclic amines) is 1. The lowest BCUT2D eigenvalue weighted by atomic mass is 10.0. The minimum absolute atomic E-state index is 0.0358. The quantitative estimate of drug-likeness (QED) is 0.722. The van der Waals surface area contributed by atoms with Gasteiger partial charge in [0.15, 0.2) is 0 Å². The zero-order valence-corrected chi connectivity index (χ0v) is 13.0. The van der Waals surface area contributed by atoms with Crippen molar-refractivity contribution in [2.24, 2.45) is 0 Å². The largest absolute Gasteiger partial charge is 0.330 e. The van der Waals surface area contributed by atoms with Crippen LogP contribution in [0, 0.1) is 5.82 Å². The van der Waals surface area contributed by atoms with Crippen LogP contribution in [0.1, 0.15) is 34.9 Å². The fourth-order valence-corrected chi connectivity index (χ4v) is 3.25. The molecule has 1 aliphatic heterocycles. The summed E-state index contributed by atoms with van der Waals surface area (Å²) in [5.41, 5.74) is 2.78. The van der Waals surface area contributed by atoms with E-state index in [0.29, 0.717) is 17.8 Å². The maximum atomic E-state index is 13.1. The molecule has 1 aliphatic rings. The van der Waals surface area contributed by atoms with Crippen LogP contribution in [0.25, 0.3) is 11.0 Å². The first-order valence-electron chi connectivity index (χ1n) is 8.00. The number of aromatic nitrogens is 2. The number of amides is 1. The van der Waals surface area contributed by atoms with Gasteiger partial charge in [-0.25, -0.2) is 9.37 Å². The van der Waals surface area contributed by atoms with Gasteiger partial charge in [0.2, 0.25) is 0 Å². The van der Waals surface area contributed by atoms with Gasteiger partial charge in [0.25, 0.3) is 5.91 Å². The summed E-state index contributed by atoms with van der Waals surface area (Å²) in [5.74, 6) is -0.393. The van der Waals surface area contributed by atoms with E-state index in [1.807, 2.05) is 29.2 Å². The highest BCUT2D eigenvalue weighted by Gasteiger charge is 2.31. The van der Waals surface area contributed by atoms with E-state index >= 15 is 0 Å². The molecule has 1 atom stereocenters. The number of hydrogen-bond acceptors (Lipinski definition) is 3. The van der Waals surface area contributed by atoms with Crippen molar-refractivity contribution >= 4 is 16.9 Å². The summed E-state index contributed by atoms with van der Waals surface area (Å²) in [6, 6.07) is 13.8. The molecule has 2 aromatic carbocycles. The molecule has 0 spiro atoms. The normalized spacial score (nSPS) is 17.4. The Morgan fingerprint density at radius 2 is 1.83 bits per heavy atom. The van der Waals surface area contributed by atoms with Crippen LogP contribution in [-0.4, -0.2) is 27.3 Å². The number of carbonyl (C=O) groups excluding carboxylic acids is 1. The van der Waals surface area contributed by atoms with E-state index in [-0.39, 0.29) is 17.8 Å². The summed E-state index contributed by atoms with van der Waals surface area (Å²) < 4.78 is 13.1. The van der Waals surface area contributed by atoms with Crippen molar-refractivity contribution in [2.45, 2.75) is 18.9 Å². The SMILES string of the molecule is O=C(c1cnc2ccccc2n1)N1CCCC1c1ccc(F)cc1. The molecule has 5 heteroatoms. The predicted octanol–water partition coefficient (Wildman–Crippen LogP) is 3.75. The van der Waals surface area contributed by atoms with Crippen molar-refractivity contribution in [1.29, 1.82) is 0 Å². The minimum atomic E-state index is -0.269. The topological polar surface area (TPSA) is 46.1 Å². The third-order valence-electron chi connectivity index (χ3n) is 4.44. The highest BCUT2D eigenvalue weighted by Crippen LogP contribution is 2.33. The van der Waals surface area contributed by atoms with Crippen molar-refractivity contribution in [3.63, 3.8) is 0 Å². The first-order chi connectivity index (χ1) is 11.7. The van der Waals surface area contributed by atoms with Gasteiger partial charge in [-0.15, -0.1) is 0 Å². The minimum Gasteiger partial charge on any atom is -0.330 e. The molecule has 0 bridgehead atoms. The lowest BCUT2D eigenvalue weighted by Gasteiger charge is -2.24. The second-order valence-electron chi connectivity index (χ2n) is 5.95. The molecule has 1 fully saturated rings. The van der Waals surface area contributed by atoms with E-state index in [9.17, 15) is 9.18 Å². The highest BCUT2D eigenvalue weighted by molar-refractivity contribution is 5.94. The Balaban J connectivity index is 1.65. The van der Waals surface area contributed by atoms with Crippen LogP contribution in [0.15, 0.2) is 54.7 Å². The number of fused-ring (bicyclic) bond motifs is 1. The van der Waals surface area contributed by atoms with Crippen molar-refractivity contribution in [2.75, 3.05) is 6.54 Å². The summed E-state index contributed by atoms with van der Waals surface area (Å²) in [5, 5.41) is 0. The van der Waals surface area contributed by atoms with E-state index in [2.05, 4.69) is 9.97 Å². The fraction of sp³-hybridized carbons (Fsp3) is 0.211. The molecule has 1 unspecified atom stereocenters. The Kier molecular flexibility index (Phi) is 3.69. The number of hydrogen-bond donors (Lipinski definition) is 0. The lowest BCUT2D eigenvalue weighted by Crippen LogP contribution is -2.31. The molecule has 2 heterocycles. The number of carbonyl (C=O) groups is 1. The van der Waals surface area contributed by atoms with Gasteiger partial charge in [0, 0.05) is 6.54 Å². The molecule has 24 heavy (non-hydrogen) atoms. The van der Waals surface area contributed by atoms with Crippen molar-refractivity contribution in [3.05, 3.63) is 71.8 Å². The molecule has 3 aromatic rings. The van der Waals surface area contributed by atoms with Crippen LogP contribution in [0.5, 0.6) is 0 Å². The zero-order chi connectivity index (χ0) is 16.5. The molecule has 1 amide bonds. The van der Waals surface area contributed by atoms with Crippen LogP contribution in [0.4, 0.5) is 4.39 Å². The predicted molar refractivity (Wildman–Crippen MR) is 88.9 cm³/mol. The molecule has 0 radical (unpaired) electrons. The number of halogens is 1. The Morgan fingerprint density at radius 1 is 1.08 bits per heavy atom. The molecule has 4 rings (SSSR count). The Labute approximate surface area is 139 Å². The average Bonchev–Trinajstić information content (AvgIpc) is 3.11. The highest BCUT2D eigenvalue weighted by atomic mass is 19.1. The van der Waals surface area contributed by atoms with Gasteiger partial charge < -0.3 is 4.90 Å². The van der Waals surface area contributed by atoms with Gasteiger partial charge in [0.05, 0.1) is 23.3 Å². The molecule has 4 nitrogen and oxygen atoms in total. The molecule has 0 aliphatic carbocycles. The van der Waals surface area contributed by atoms with Gasteiger partial charge in [-0.05, 0) is 42.7 Å². The second kappa shape index (κ2) is 6.00. The smallest absolute Gasteiger partial charge is 0.274 e. The average molecular weight is 321 g/mol. The third kappa shape index (κ3) is 2.62. The van der Waals surface area contributed by atoms with Gasteiger partial charge >= 0.3 is 0 Å². The summed E-state index contributed by atoms with van der Waals surface area (Å²) in [6.45, 7) is 0.676. The monoisotopic (exact) mass is 321 g/mol. The summed E-state index contributed by atoms with van der Waals surface area (Å²) in [4.78, 5) is 23.5. The Bertz CT molecular complexity index is 895. The van der Waals surface area contributed by atoms with Gasteiger partial charge in [-0.3, -0.25) is 9.78 Å². The van der Waals surface area contributed by atoms with Crippen molar-refractivity contribution < 1.29 is 9.18 Å². The molecular weight excluding hydrogens is 305 g/mol. The van der Waals surface area contributed by atoms with Gasteiger partial charge in [-0.1, -0.05) is 24.3 Å². The zero-order valence-electron chi connectivity index (χ0n) is 13.0. The number of nitrogens with zero attached hydrogens (tertiary/aromatic N) is 3. The third-order valence-corrected chi connectivity index (χ3v) is 4.44. The van der Waals surface area contributed by atoms with Crippen LogP contribution in [-0.2, 0) is 0 Å². The number of para-hydroxylation sites is 2. The summed E-state index contributed by atoms with van der Waals surface area (Å²) in [7, 11) is 0. The van der Waals surface area contributed by atoms with Crippen molar-refractivity contribution in [3.8, 4) is 0 Å². The molecule has 120 valence electrons. The van der Waals surface area contributed by atoms with E-state index in [1.165, 1.54) is 18.3 Å². The van der Waals surface area contributed by atoms with Crippen LogP contribution < -0.4 is 0 Å². The first kappa shape index (κ1) is 14.8. The molecule has 1 aromatic heterocycles. The maximum Gasteiger partial charge on any atom is 0.274 e. The Morgan fingerprint density at radius 3 is 2.62 bits per heavy atom. The van der Waals surface area contributed by atoms with Crippen LogP contribution >= 0.6 is 0 Å². The summed E-state index contributed by atoms with van der Waals surface area (Å²) >= 11 is 0. The summed E-state index contributed by atoms with van der Waals surface area (Å²) in [6.07, 6.45) is 3.33. The standard InChI is InChI=1S/C19H16FN3O/c20-14-9-7-13(8-10-14)18-6-3-11-23(18)19(24)17-12-21-15-4-1-2-5-16(15)22-17/h1-2,4-5,7-10,12,18H,3,6,11H2. The molecule has 1 saturated heterocycles. The van der Waals surface area contributed by atoms with Crippen LogP contribution in [0.3, 0.4) is 0 Å². The Hall–Kier alpha value is -2.82. The van der Waals surface area contributed by atoms with E-state index in [0.717, 1.165) is 23.9 Å². The van der Waals surface area contributed by atoms with E-state index in [1.54, 1.807) is 12.1 Å². The second-order valence-corrected chi connectivity index (χ2v) is 5.95. The molecule has 0 N–H and O–H groups in total. The number of benzene rings is 2. The van der Waals surface area contributed by atoms with E-state index < -0.39 is 0 Å².